The van der Waals surface area contributed by atoms with E-state index in [1.54, 1.807) is 18.6 Å². The molecule has 0 fully saturated rings. The Hall–Kier alpha value is -3.58. The van der Waals surface area contributed by atoms with Crippen LogP contribution in [0.3, 0.4) is 0 Å². The van der Waals surface area contributed by atoms with Crippen LogP contribution in [0.1, 0.15) is 22.4 Å². The Labute approximate surface area is 174 Å². The van der Waals surface area contributed by atoms with Gasteiger partial charge in [0.15, 0.2) is 0 Å². The number of benzene rings is 1. The van der Waals surface area contributed by atoms with Gasteiger partial charge in [0.05, 0.1) is 16.8 Å². The molecule has 0 aliphatic carbocycles. The van der Waals surface area contributed by atoms with Gasteiger partial charge in [-0.2, -0.15) is 5.10 Å². The molecular formula is C22H14BrN5O. The number of fused-ring (bicyclic) bond motifs is 2. The maximum absolute atomic E-state index is 12.4. The van der Waals surface area contributed by atoms with Gasteiger partial charge in [0.2, 0.25) is 0 Å². The van der Waals surface area contributed by atoms with Crippen LogP contribution in [0, 0.1) is 0 Å². The molecule has 0 saturated carbocycles. The van der Waals surface area contributed by atoms with Crippen molar-refractivity contribution in [1.29, 1.82) is 0 Å². The lowest BCUT2D eigenvalue weighted by Crippen LogP contribution is -2.04. The summed E-state index contributed by atoms with van der Waals surface area (Å²) in [6.07, 6.45) is 11.0. The third-order valence-corrected chi connectivity index (χ3v) is 5.10. The number of aromatic amines is 1. The number of halogens is 1. The van der Waals surface area contributed by atoms with Crippen LogP contribution in [-0.4, -0.2) is 26.1 Å². The van der Waals surface area contributed by atoms with Crippen LogP contribution in [0.2, 0.25) is 0 Å². The Morgan fingerprint density at radius 1 is 1.03 bits per heavy atom. The molecule has 6 nitrogen and oxygen atoms in total. The molecule has 0 bridgehead atoms. The number of rotatable bonds is 3. The monoisotopic (exact) mass is 443 g/mol. The summed E-state index contributed by atoms with van der Waals surface area (Å²) >= 11 is 3.41. The van der Waals surface area contributed by atoms with Crippen LogP contribution < -0.4 is 5.32 Å². The van der Waals surface area contributed by atoms with Gasteiger partial charge in [0.1, 0.15) is 5.82 Å². The molecule has 0 atom stereocenters. The molecule has 3 aromatic heterocycles. The van der Waals surface area contributed by atoms with Gasteiger partial charge < -0.3 is 5.32 Å². The molecule has 4 heterocycles. The predicted octanol–water partition coefficient (Wildman–Crippen LogP) is 4.78. The van der Waals surface area contributed by atoms with Crippen LogP contribution in [0.15, 0.2) is 59.5 Å². The van der Waals surface area contributed by atoms with E-state index in [9.17, 15) is 4.79 Å². The first-order chi connectivity index (χ1) is 14.2. The molecule has 0 spiro atoms. The molecule has 4 aromatic rings. The summed E-state index contributed by atoms with van der Waals surface area (Å²) in [7, 11) is 0. The van der Waals surface area contributed by atoms with Crippen molar-refractivity contribution in [1.82, 2.24) is 20.2 Å². The maximum Gasteiger partial charge on any atom is 0.257 e. The lowest BCUT2D eigenvalue weighted by Gasteiger charge is -2.00. The molecule has 29 heavy (non-hydrogen) atoms. The van der Waals surface area contributed by atoms with Crippen molar-refractivity contribution in [3.8, 4) is 0 Å². The summed E-state index contributed by atoms with van der Waals surface area (Å²) < 4.78 is 0.827. The molecule has 1 aliphatic heterocycles. The normalized spacial score (nSPS) is 14.7. The molecule has 5 rings (SSSR count). The Bertz CT molecular complexity index is 1310. The van der Waals surface area contributed by atoms with Crippen LogP contribution >= 0.6 is 15.9 Å². The number of pyridine rings is 2. The van der Waals surface area contributed by atoms with Gasteiger partial charge in [-0.15, -0.1) is 0 Å². The third-order valence-electron chi connectivity index (χ3n) is 4.67. The first-order valence-corrected chi connectivity index (χ1v) is 9.72. The van der Waals surface area contributed by atoms with E-state index in [-0.39, 0.29) is 5.91 Å². The fourth-order valence-electron chi connectivity index (χ4n) is 3.28. The predicted molar refractivity (Wildman–Crippen MR) is 118 cm³/mol. The summed E-state index contributed by atoms with van der Waals surface area (Å²) in [5, 5.41) is 11.3. The second-order valence-corrected chi connectivity index (χ2v) is 7.51. The highest BCUT2D eigenvalue weighted by molar-refractivity contribution is 9.10. The zero-order chi connectivity index (χ0) is 19.8. The van der Waals surface area contributed by atoms with Crippen molar-refractivity contribution in [2.45, 2.75) is 0 Å². The number of carbonyl (C=O) groups is 1. The first-order valence-electron chi connectivity index (χ1n) is 8.92. The maximum atomic E-state index is 12.4. The van der Waals surface area contributed by atoms with Crippen molar-refractivity contribution in [3.05, 3.63) is 81.8 Å². The topological polar surface area (TPSA) is 83.6 Å². The standard InChI is InChI=1S/C22H14BrN5O/c23-15-10-17-18(22(29)26-21(17)25-12-15)8-14-3-5-16-19(27-28-20(16)9-14)6-4-13-2-1-7-24-11-13/h1-12H,(H,27,28)(H,25,26,29)/b6-4+,18-8?. The van der Waals surface area contributed by atoms with Gasteiger partial charge in [-0.1, -0.05) is 18.2 Å². The summed E-state index contributed by atoms with van der Waals surface area (Å²) in [6.45, 7) is 0. The number of nitrogens with zero attached hydrogens (tertiary/aromatic N) is 3. The van der Waals surface area contributed by atoms with Crippen molar-refractivity contribution in [2.24, 2.45) is 0 Å². The average Bonchev–Trinajstić information content (AvgIpc) is 3.28. The molecule has 2 N–H and O–H groups in total. The largest absolute Gasteiger partial charge is 0.306 e. The van der Waals surface area contributed by atoms with E-state index < -0.39 is 0 Å². The van der Waals surface area contributed by atoms with E-state index in [1.807, 2.05) is 54.6 Å². The quantitative estimate of drug-likeness (QED) is 0.446. The number of hydrogen-bond acceptors (Lipinski definition) is 4. The van der Waals surface area contributed by atoms with E-state index in [1.165, 1.54) is 0 Å². The minimum absolute atomic E-state index is 0.157. The highest BCUT2D eigenvalue weighted by Gasteiger charge is 2.25. The molecule has 0 unspecified atom stereocenters. The molecule has 1 aliphatic rings. The van der Waals surface area contributed by atoms with E-state index in [0.29, 0.717) is 11.4 Å². The average molecular weight is 444 g/mol. The van der Waals surface area contributed by atoms with Gasteiger partial charge >= 0.3 is 0 Å². The molecule has 0 radical (unpaired) electrons. The van der Waals surface area contributed by atoms with Crippen molar-refractivity contribution in [2.75, 3.05) is 5.32 Å². The Morgan fingerprint density at radius 3 is 2.83 bits per heavy atom. The van der Waals surface area contributed by atoms with E-state index in [2.05, 4.69) is 41.4 Å². The molecule has 0 saturated heterocycles. The van der Waals surface area contributed by atoms with E-state index >= 15 is 0 Å². The van der Waals surface area contributed by atoms with Crippen LogP contribution in [0.25, 0.3) is 34.7 Å². The van der Waals surface area contributed by atoms with Crippen molar-refractivity contribution < 1.29 is 4.79 Å². The molecule has 1 amide bonds. The molecule has 7 heteroatoms. The number of nitrogens with one attached hydrogen (secondary N) is 2. The van der Waals surface area contributed by atoms with E-state index in [4.69, 9.17) is 0 Å². The SMILES string of the molecule is O=C1Nc2ncc(Br)cc2C1=Cc1ccc2c(/C=C/c3cccnc3)n[nH]c2c1. The molecule has 140 valence electrons. The zero-order valence-corrected chi connectivity index (χ0v) is 16.6. The van der Waals surface area contributed by atoms with E-state index in [0.717, 1.165) is 37.8 Å². The number of H-pyrrole nitrogens is 1. The number of amides is 1. The Morgan fingerprint density at radius 2 is 1.97 bits per heavy atom. The fraction of sp³-hybridized carbons (Fsp3) is 0. The first kappa shape index (κ1) is 17.5. The number of aromatic nitrogens is 4. The molecular weight excluding hydrogens is 430 g/mol. The van der Waals surface area contributed by atoms with Gasteiger partial charge in [0, 0.05) is 34.0 Å². The fourth-order valence-corrected chi connectivity index (χ4v) is 3.61. The van der Waals surface area contributed by atoms with Gasteiger partial charge in [-0.25, -0.2) is 4.98 Å². The number of anilines is 1. The van der Waals surface area contributed by atoms with Crippen LogP contribution in [0.4, 0.5) is 5.82 Å². The Kier molecular flexibility index (Phi) is 4.29. The molecule has 1 aromatic carbocycles. The highest BCUT2D eigenvalue weighted by atomic mass is 79.9. The van der Waals surface area contributed by atoms with Crippen LogP contribution in [0.5, 0.6) is 0 Å². The van der Waals surface area contributed by atoms with Gasteiger partial charge in [0.25, 0.3) is 5.91 Å². The third kappa shape index (κ3) is 3.36. The Balaban J connectivity index is 1.49. The van der Waals surface area contributed by atoms with Gasteiger partial charge in [-0.3, -0.25) is 14.9 Å². The second-order valence-electron chi connectivity index (χ2n) is 6.60. The second kappa shape index (κ2) is 7.10. The summed E-state index contributed by atoms with van der Waals surface area (Å²) in [6, 6.07) is 11.7. The lowest BCUT2D eigenvalue weighted by molar-refractivity contribution is -0.110. The van der Waals surface area contributed by atoms with Crippen molar-refractivity contribution in [3.63, 3.8) is 0 Å². The lowest BCUT2D eigenvalue weighted by atomic mass is 10.0. The smallest absolute Gasteiger partial charge is 0.257 e. The number of hydrogen-bond donors (Lipinski definition) is 2. The van der Waals surface area contributed by atoms with Crippen LogP contribution in [-0.2, 0) is 4.79 Å². The summed E-state index contributed by atoms with van der Waals surface area (Å²) in [5.74, 6) is 0.422. The van der Waals surface area contributed by atoms with Gasteiger partial charge in [-0.05, 0) is 63.5 Å². The van der Waals surface area contributed by atoms with Crippen molar-refractivity contribution >= 4 is 62.4 Å². The minimum atomic E-state index is -0.157. The number of carbonyl (C=O) groups excluding carboxylic acids is 1. The summed E-state index contributed by atoms with van der Waals surface area (Å²) in [4.78, 5) is 20.7. The minimum Gasteiger partial charge on any atom is -0.306 e. The zero-order valence-electron chi connectivity index (χ0n) is 15.1. The highest BCUT2D eigenvalue weighted by Crippen LogP contribution is 2.33. The summed E-state index contributed by atoms with van der Waals surface area (Å²) in [5.41, 5.74) is 5.03.